The number of amidine groups is 1. The number of nitrogens with two attached hydrogens (primary N) is 1. The Morgan fingerprint density at radius 1 is 1.29 bits per heavy atom. The van der Waals surface area contributed by atoms with Gasteiger partial charge in [-0.2, -0.15) is 8.78 Å². The van der Waals surface area contributed by atoms with Crippen molar-refractivity contribution in [3.63, 3.8) is 0 Å². The zero-order valence-corrected chi connectivity index (χ0v) is 18.3. The van der Waals surface area contributed by atoms with E-state index in [0.717, 1.165) is 18.3 Å². The lowest BCUT2D eigenvalue weighted by Gasteiger charge is -2.41. The van der Waals surface area contributed by atoms with E-state index in [1.54, 1.807) is 6.92 Å². The van der Waals surface area contributed by atoms with Crippen molar-refractivity contribution in [3.8, 4) is 11.5 Å². The van der Waals surface area contributed by atoms with Crippen molar-refractivity contribution in [1.29, 1.82) is 0 Å². The fraction of sp³-hybridized carbons (Fsp3) is 0.409. The molecular weight excluding hydrogens is 476 g/mol. The van der Waals surface area contributed by atoms with E-state index in [1.165, 1.54) is 12.1 Å². The molecule has 3 aliphatic rings. The van der Waals surface area contributed by atoms with Crippen LogP contribution in [0.25, 0.3) is 0 Å². The quantitative estimate of drug-likeness (QED) is 0.625. The number of nitrogens with one attached hydrogen (secondary N) is 1. The number of carbonyl (C=O) groups excluding carboxylic acids is 1. The summed E-state index contributed by atoms with van der Waals surface area (Å²) in [5, 5.41) is 2.53. The standard InChI is InChI=1S/C22H20F4N4O5/c1-10-18-17(7-32-10)34-20(27)30-21(18,8-23)12-4-11(2-3-13(12)24)29-19(31)14-5-15-16(6-28-14)35-22(25,26)9-33-15/h2-6,10,17-18H,7-9H2,1H3,(H2,27,30)(H,29,31)/t10-,17+,18-,21+/m0/s1. The second-order valence-corrected chi connectivity index (χ2v) is 8.42. The third kappa shape index (κ3) is 3.99. The van der Waals surface area contributed by atoms with E-state index >= 15 is 4.39 Å². The lowest BCUT2D eigenvalue weighted by molar-refractivity contribution is -0.209. The summed E-state index contributed by atoms with van der Waals surface area (Å²) in [6, 6.07) is 4.45. The molecule has 4 heterocycles. The first-order valence-electron chi connectivity index (χ1n) is 10.6. The number of anilines is 1. The first-order chi connectivity index (χ1) is 16.6. The smallest absolute Gasteiger partial charge is 0.433 e. The van der Waals surface area contributed by atoms with Gasteiger partial charge < -0.3 is 30.0 Å². The maximum absolute atomic E-state index is 15.0. The summed E-state index contributed by atoms with van der Waals surface area (Å²) in [5.74, 6) is -2.57. The second kappa shape index (κ2) is 8.26. The summed E-state index contributed by atoms with van der Waals surface area (Å²) in [7, 11) is 0. The molecule has 1 aromatic carbocycles. The fourth-order valence-electron chi connectivity index (χ4n) is 4.66. The number of hydrogen-bond donors (Lipinski definition) is 2. The minimum Gasteiger partial charge on any atom is -0.479 e. The Hall–Kier alpha value is -3.61. The monoisotopic (exact) mass is 496 g/mol. The molecule has 35 heavy (non-hydrogen) atoms. The molecule has 0 bridgehead atoms. The van der Waals surface area contributed by atoms with Gasteiger partial charge in [0.25, 0.3) is 11.9 Å². The van der Waals surface area contributed by atoms with E-state index in [9.17, 15) is 18.0 Å². The molecule has 3 aliphatic heterocycles. The Balaban J connectivity index is 1.45. The third-order valence-electron chi connectivity index (χ3n) is 6.18. The van der Waals surface area contributed by atoms with Gasteiger partial charge >= 0.3 is 6.11 Å². The van der Waals surface area contributed by atoms with Crippen molar-refractivity contribution in [1.82, 2.24) is 4.98 Å². The Labute approximate surface area is 196 Å². The number of alkyl halides is 3. The van der Waals surface area contributed by atoms with E-state index in [1.807, 2.05) is 0 Å². The number of pyridine rings is 1. The maximum Gasteiger partial charge on any atom is 0.433 e. The summed E-state index contributed by atoms with van der Waals surface area (Å²) in [6.45, 7) is -0.254. The average molecular weight is 496 g/mol. The van der Waals surface area contributed by atoms with Crippen LogP contribution >= 0.6 is 0 Å². The average Bonchev–Trinajstić information content (AvgIpc) is 3.19. The minimum absolute atomic E-state index is 0.0828. The van der Waals surface area contributed by atoms with Crippen molar-refractivity contribution in [2.75, 3.05) is 25.2 Å². The highest BCUT2D eigenvalue weighted by Crippen LogP contribution is 2.47. The zero-order chi connectivity index (χ0) is 25.0. The molecule has 0 aliphatic carbocycles. The number of ether oxygens (including phenoxy) is 4. The summed E-state index contributed by atoms with van der Waals surface area (Å²) < 4.78 is 76.8. The number of amides is 1. The van der Waals surface area contributed by atoms with E-state index in [2.05, 4.69) is 20.0 Å². The Morgan fingerprint density at radius 3 is 2.86 bits per heavy atom. The normalized spacial score (nSPS) is 28.5. The molecule has 0 spiro atoms. The molecule has 1 aromatic heterocycles. The largest absolute Gasteiger partial charge is 0.479 e. The van der Waals surface area contributed by atoms with Crippen molar-refractivity contribution >= 4 is 17.6 Å². The van der Waals surface area contributed by atoms with Crippen molar-refractivity contribution in [3.05, 3.63) is 47.5 Å². The summed E-state index contributed by atoms with van der Waals surface area (Å²) in [6.07, 6.45) is -3.69. The number of hydrogen-bond acceptors (Lipinski definition) is 8. The second-order valence-electron chi connectivity index (χ2n) is 8.42. The summed E-state index contributed by atoms with van der Waals surface area (Å²) in [4.78, 5) is 20.7. The van der Waals surface area contributed by atoms with Gasteiger partial charge in [0.05, 0.1) is 24.8 Å². The van der Waals surface area contributed by atoms with Crippen molar-refractivity contribution in [2.24, 2.45) is 16.6 Å². The first-order valence-corrected chi connectivity index (χ1v) is 10.6. The van der Waals surface area contributed by atoms with Gasteiger partial charge in [0.2, 0.25) is 0 Å². The first kappa shape index (κ1) is 23.1. The van der Waals surface area contributed by atoms with Crippen LogP contribution in [0.5, 0.6) is 11.5 Å². The van der Waals surface area contributed by atoms with Gasteiger partial charge in [-0.25, -0.2) is 18.8 Å². The van der Waals surface area contributed by atoms with E-state index in [-0.39, 0.29) is 41.1 Å². The molecule has 5 rings (SSSR count). The van der Waals surface area contributed by atoms with Crippen LogP contribution in [-0.2, 0) is 15.0 Å². The van der Waals surface area contributed by atoms with Crippen molar-refractivity contribution < 1.29 is 41.3 Å². The molecule has 13 heteroatoms. The van der Waals surface area contributed by atoms with Gasteiger partial charge in [0.15, 0.2) is 18.1 Å². The molecule has 1 amide bonds. The molecule has 3 N–H and O–H groups in total. The van der Waals surface area contributed by atoms with Crippen LogP contribution in [0.15, 0.2) is 35.5 Å². The lowest BCUT2D eigenvalue weighted by Crippen LogP contribution is -2.52. The minimum atomic E-state index is -3.51. The molecule has 4 atom stereocenters. The molecule has 0 saturated carbocycles. The topological polar surface area (TPSA) is 117 Å². The van der Waals surface area contributed by atoms with E-state index in [4.69, 9.17) is 19.9 Å². The molecule has 1 saturated heterocycles. The third-order valence-corrected chi connectivity index (χ3v) is 6.18. The van der Waals surface area contributed by atoms with Crippen LogP contribution < -0.4 is 20.5 Å². The van der Waals surface area contributed by atoms with Gasteiger partial charge in [-0.05, 0) is 25.1 Å². The van der Waals surface area contributed by atoms with Crippen LogP contribution in [0.3, 0.4) is 0 Å². The number of halogens is 4. The number of aliphatic imine (C=N–C) groups is 1. The van der Waals surface area contributed by atoms with Gasteiger partial charge in [-0.3, -0.25) is 4.79 Å². The molecule has 9 nitrogen and oxygen atoms in total. The van der Waals surface area contributed by atoms with Crippen LogP contribution in [0.1, 0.15) is 23.0 Å². The number of fused-ring (bicyclic) bond motifs is 2. The Kier molecular flexibility index (Phi) is 5.46. The molecular formula is C22H20F4N4O5. The highest BCUT2D eigenvalue weighted by Gasteiger charge is 2.56. The number of nitrogens with zero attached hydrogens (tertiary/aromatic N) is 2. The predicted octanol–water partition coefficient (Wildman–Crippen LogP) is 2.75. The SMILES string of the molecule is C[C@@H]1OC[C@H]2OC(N)=N[C@](CF)(c3cc(NC(=O)c4cc5c(cn4)OC(F)(F)CO5)ccc3F)[C@@H]12. The van der Waals surface area contributed by atoms with Gasteiger partial charge in [-0.1, -0.05) is 0 Å². The fourth-order valence-corrected chi connectivity index (χ4v) is 4.66. The van der Waals surface area contributed by atoms with Crippen LogP contribution in [0, 0.1) is 11.7 Å². The molecule has 0 unspecified atom stereocenters. The highest BCUT2D eigenvalue weighted by atomic mass is 19.3. The zero-order valence-electron chi connectivity index (χ0n) is 18.3. The van der Waals surface area contributed by atoms with Crippen LogP contribution in [0.2, 0.25) is 0 Å². The van der Waals surface area contributed by atoms with Crippen LogP contribution in [0.4, 0.5) is 23.2 Å². The molecule has 1 fully saturated rings. The summed E-state index contributed by atoms with van der Waals surface area (Å²) in [5.41, 5.74) is 3.86. The van der Waals surface area contributed by atoms with Gasteiger partial charge in [-0.15, -0.1) is 0 Å². The number of carbonyl (C=O) groups is 1. The van der Waals surface area contributed by atoms with E-state index in [0.29, 0.717) is 0 Å². The Morgan fingerprint density at radius 2 is 2.09 bits per heavy atom. The highest BCUT2D eigenvalue weighted by molar-refractivity contribution is 6.03. The number of aromatic nitrogens is 1. The summed E-state index contributed by atoms with van der Waals surface area (Å²) >= 11 is 0. The number of benzene rings is 1. The van der Waals surface area contributed by atoms with Gasteiger partial charge in [0.1, 0.15) is 29.8 Å². The number of rotatable bonds is 4. The Bertz CT molecular complexity index is 1210. The molecule has 0 radical (unpaired) electrons. The van der Waals surface area contributed by atoms with Crippen LogP contribution in [-0.4, -0.2) is 55.1 Å². The van der Waals surface area contributed by atoms with E-state index < -0.39 is 54.8 Å². The lowest BCUT2D eigenvalue weighted by atomic mass is 9.74. The van der Waals surface area contributed by atoms with Gasteiger partial charge in [0, 0.05) is 17.3 Å². The predicted molar refractivity (Wildman–Crippen MR) is 113 cm³/mol. The molecule has 186 valence electrons. The molecule has 2 aromatic rings. The van der Waals surface area contributed by atoms with Crippen molar-refractivity contribution in [2.45, 2.75) is 30.8 Å². The maximum atomic E-state index is 15.0.